The Morgan fingerprint density at radius 3 is 2.35 bits per heavy atom. The molecule has 14 heteroatoms. The van der Waals surface area contributed by atoms with Gasteiger partial charge in [-0.15, -0.1) is 11.3 Å². The highest BCUT2D eigenvalue weighted by Crippen LogP contribution is 2.31. The highest BCUT2D eigenvalue weighted by molar-refractivity contribution is 7.09. The fourth-order valence-electron chi connectivity index (χ4n) is 7.04. The van der Waals surface area contributed by atoms with E-state index in [2.05, 4.69) is 15.5 Å². The van der Waals surface area contributed by atoms with Crippen molar-refractivity contribution in [1.82, 2.24) is 25.4 Å². The van der Waals surface area contributed by atoms with Crippen molar-refractivity contribution in [2.24, 2.45) is 17.8 Å². The van der Waals surface area contributed by atoms with Crippen LogP contribution in [-0.2, 0) is 35.0 Å². The average Bonchev–Trinajstić information content (AvgIpc) is 3.65. The van der Waals surface area contributed by atoms with Crippen LogP contribution in [0.2, 0.25) is 0 Å². The van der Waals surface area contributed by atoms with E-state index in [1.807, 2.05) is 70.8 Å². The number of carboxylic acids is 1. The van der Waals surface area contributed by atoms with Crippen LogP contribution in [0.25, 0.3) is 0 Å². The number of hydrogen-bond donors (Lipinski definition) is 3. The van der Waals surface area contributed by atoms with Crippen molar-refractivity contribution in [2.45, 2.75) is 117 Å². The molecule has 0 aliphatic carbocycles. The maximum absolute atomic E-state index is 14.7. The van der Waals surface area contributed by atoms with Crippen LogP contribution in [0.15, 0.2) is 29.6 Å². The molecule has 55 heavy (non-hydrogen) atoms. The molecular formula is C41H65N5O8S. The standard InChI is InChI=1S/C41H65N5O8S/c1-10-28(5)36(44-38(48)33-13-11-12-18-45(33)7)40(49)46(19-20-52-8)34(26(2)3)23-35(54-25-53-9)39-43-32(24-55-39)37(47)42-31(21-29(6)41(50)51)22-30-16-14-27(4)15-17-30/h14-17,24,26,28-29,31,33-36H,10-13,18-23,25H2,1-9H3,(H,42,47)(H,44,48)(H,50,51)/t28?,29-,31+,33?,34+,35+,36?/m0/s1. The number of nitrogens with zero attached hydrogens (tertiary/aromatic N) is 3. The molecule has 3 rings (SSSR count). The highest BCUT2D eigenvalue weighted by atomic mass is 32.1. The number of thiazole rings is 1. The summed E-state index contributed by atoms with van der Waals surface area (Å²) in [6, 6.07) is 6.18. The maximum Gasteiger partial charge on any atom is 0.306 e. The smallest absolute Gasteiger partial charge is 0.306 e. The van der Waals surface area contributed by atoms with Gasteiger partial charge in [-0.1, -0.05) is 77.3 Å². The molecule has 1 fully saturated rings. The lowest BCUT2D eigenvalue weighted by Gasteiger charge is -2.40. The van der Waals surface area contributed by atoms with Crippen molar-refractivity contribution < 1.29 is 38.5 Å². The second kappa shape index (κ2) is 23.0. The number of carbonyl (C=O) groups is 4. The lowest BCUT2D eigenvalue weighted by molar-refractivity contribution is -0.144. The zero-order valence-corrected chi connectivity index (χ0v) is 35.2. The third-order valence-electron chi connectivity index (χ3n) is 10.7. The summed E-state index contributed by atoms with van der Waals surface area (Å²) < 4.78 is 17.0. The quantitative estimate of drug-likeness (QED) is 0.123. The molecule has 1 aromatic carbocycles. The SMILES string of the molecule is CCC(C)C(NC(=O)C1CCCCN1C)C(=O)N(CCOC)[C@H](C[C@@H](OCOC)c1nc(C(=O)N[C@@H](Cc2ccc(C)cc2)C[C@H](C)C(=O)O)cs1)C(C)C. The van der Waals surface area contributed by atoms with Crippen molar-refractivity contribution >= 4 is 35.0 Å². The van der Waals surface area contributed by atoms with E-state index in [-0.39, 0.29) is 54.6 Å². The molecule has 0 radical (unpaired) electrons. The van der Waals surface area contributed by atoms with E-state index in [9.17, 15) is 24.3 Å². The minimum atomic E-state index is -0.926. The summed E-state index contributed by atoms with van der Waals surface area (Å²) in [5, 5.41) is 18.0. The van der Waals surface area contributed by atoms with E-state index in [0.717, 1.165) is 36.9 Å². The van der Waals surface area contributed by atoms with Gasteiger partial charge in [0.05, 0.1) is 18.6 Å². The third-order valence-corrected chi connectivity index (χ3v) is 11.6. The third kappa shape index (κ3) is 13.9. The summed E-state index contributed by atoms with van der Waals surface area (Å²) >= 11 is 1.28. The second-order valence-electron chi connectivity index (χ2n) is 15.4. The fraction of sp³-hybridized carbons (Fsp3) is 0.683. The Balaban J connectivity index is 1.89. The number of benzene rings is 1. The van der Waals surface area contributed by atoms with Gasteiger partial charge >= 0.3 is 5.97 Å². The first kappa shape index (κ1) is 46.0. The molecule has 308 valence electrons. The van der Waals surface area contributed by atoms with Crippen molar-refractivity contribution in [2.75, 3.05) is 47.8 Å². The highest BCUT2D eigenvalue weighted by Gasteiger charge is 2.38. The van der Waals surface area contributed by atoms with Crippen LogP contribution >= 0.6 is 11.3 Å². The number of carbonyl (C=O) groups excluding carboxylic acids is 3. The molecule has 3 N–H and O–H groups in total. The van der Waals surface area contributed by atoms with Crippen LogP contribution in [0.1, 0.15) is 106 Å². The predicted molar refractivity (Wildman–Crippen MR) is 214 cm³/mol. The van der Waals surface area contributed by atoms with Crippen molar-refractivity contribution in [3.05, 3.63) is 51.5 Å². The lowest BCUT2D eigenvalue weighted by atomic mass is 9.92. The van der Waals surface area contributed by atoms with Gasteiger partial charge in [-0.2, -0.15) is 0 Å². The number of aryl methyl sites for hydroxylation is 1. The summed E-state index contributed by atoms with van der Waals surface area (Å²) in [5.74, 6) is -2.42. The minimum Gasteiger partial charge on any atom is -0.481 e. The van der Waals surface area contributed by atoms with E-state index < -0.39 is 36.0 Å². The number of nitrogens with one attached hydrogen (secondary N) is 2. The zero-order chi connectivity index (χ0) is 40.7. The van der Waals surface area contributed by atoms with Gasteiger partial charge in [-0.05, 0) is 63.6 Å². The van der Waals surface area contributed by atoms with Crippen LogP contribution in [0, 0.1) is 24.7 Å². The molecule has 2 aromatic rings. The van der Waals surface area contributed by atoms with Gasteiger partial charge in [0.15, 0.2) is 0 Å². The number of piperidine rings is 1. The monoisotopic (exact) mass is 787 g/mol. The molecule has 3 amide bonds. The number of aliphatic carboxylic acids is 1. The molecule has 1 saturated heterocycles. The number of aromatic nitrogens is 1. The van der Waals surface area contributed by atoms with E-state index in [1.165, 1.54) is 18.4 Å². The lowest BCUT2D eigenvalue weighted by Crippen LogP contribution is -2.59. The number of methoxy groups -OCH3 is 2. The van der Waals surface area contributed by atoms with E-state index in [4.69, 9.17) is 19.2 Å². The van der Waals surface area contributed by atoms with Gasteiger partial charge in [0.2, 0.25) is 11.8 Å². The Morgan fingerprint density at radius 2 is 1.75 bits per heavy atom. The van der Waals surface area contributed by atoms with Gasteiger partial charge in [-0.3, -0.25) is 24.1 Å². The van der Waals surface area contributed by atoms with Crippen LogP contribution in [0.4, 0.5) is 0 Å². The molecule has 1 aliphatic heterocycles. The molecule has 3 unspecified atom stereocenters. The van der Waals surface area contributed by atoms with E-state index >= 15 is 0 Å². The number of likely N-dealkylation sites (tertiary alicyclic amines) is 1. The number of carboxylic acid groups (broad SMARTS) is 1. The molecule has 0 saturated carbocycles. The fourth-order valence-corrected chi connectivity index (χ4v) is 7.90. The summed E-state index contributed by atoms with van der Waals surface area (Å²) in [6.45, 7) is 13.2. The second-order valence-corrected chi connectivity index (χ2v) is 16.3. The summed E-state index contributed by atoms with van der Waals surface area (Å²) in [6.07, 6.45) is 3.93. The Hall–Kier alpha value is -3.43. The first-order valence-corrected chi connectivity index (χ1v) is 20.5. The van der Waals surface area contributed by atoms with Crippen molar-refractivity contribution in [3.8, 4) is 0 Å². The Labute approximate surface area is 331 Å². The van der Waals surface area contributed by atoms with Crippen LogP contribution in [0.5, 0.6) is 0 Å². The molecule has 0 spiro atoms. The maximum atomic E-state index is 14.7. The first-order chi connectivity index (χ1) is 26.2. The molecule has 0 bridgehead atoms. The van der Waals surface area contributed by atoms with Gasteiger partial charge in [-0.25, -0.2) is 4.98 Å². The van der Waals surface area contributed by atoms with Gasteiger partial charge in [0, 0.05) is 44.6 Å². The minimum absolute atomic E-state index is 0.0197. The van der Waals surface area contributed by atoms with Crippen molar-refractivity contribution in [3.63, 3.8) is 0 Å². The van der Waals surface area contributed by atoms with Crippen LogP contribution < -0.4 is 10.6 Å². The van der Waals surface area contributed by atoms with E-state index in [1.54, 1.807) is 19.4 Å². The number of rotatable bonds is 23. The Bertz CT molecular complexity index is 1500. The molecule has 13 nitrogen and oxygen atoms in total. The van der Waals surface area contributed by atoms with Gasteiger partial charge in [0.1, 0.15) is 29.6 Å². The Morgan fingerprint density at radius 1 is 1.04 bits per heavy atom. The average molecular weight is 788 g/mol. The molecule has 1 aromatic heterocycles. The normalized spacial score (nSPS) is 18.2. The van der Waals surface area contributed by atoms with Crippen LogP contribution in [-0.4, -0.2) is 116 Å². The van der Waals surface area contributed by atoms with Crippen molar-refractivity contribution in [1.29, 1.82) is 0 Å². The van der Waals surface area contributed by atoms with Gasteiger partial charge in [0.25, 0.3) is 5.91 Å². The molecular weight excluding hydrogens is 723 g/mol. The first-order valence-electron chi connectivity index (χ1n) is 19.7. The van der Waals surface area contributed by atoms with Gasteiger partial charge < -0.3 is 34.9 Å². The Kier molecular flexibility index (Phi) is 19.2. The number of amides is 3. The zero-order valence-electron chi connectivity index (χ0n) is 34.3. The number of likely N-dealkylation sites (N-methyl/N-ethyl adjacent to an activating group) is 1. The van der Waals surface area contributed by atoms with Crippen LogP contribution in [0.3, 0.4) is 0 Å². The topological polar surface area (TPSA) is 160 Å². The number of ether oxygens (including phenoxy) is 3. The van der Waals surface area contributed by atoms with E-state index in [0.29, 0.717) is 37.4 Å². The predicted octanol–water partition coefficient (Wildman–Crippen LogP) is 5.47. The number of hydrogen-bond acceptors (Lipinski definition) is 10. The summed E-state index contributed by atoms with van der Waals surface area (Å²) in [5.41, 5.74) is 2.30. The molecule has 2 heterocycles. The largest absolute Gasteiger partial charge is 0.481 e. The molecule has 7 atom stereocenters. The summed E-state index contributed by atoms with van der Waals surface area (Å²) in [7, 11) is 5.09. The summed E-state index contributed by atoms with van der Waals surface area (Å²) in [4.78, 5) is 62.3. The molecule has 1 aliphatic rings.